The lowest BCUT2D eigenvalue weighted by Gasteiger charge is -2.09. The van der Waals surface area contributed by atoms with E-state index < -0.39 is 23.4 Å². The Morgan fingerprint density at radius 2 is 1.86 bits per heavy atom. The number of ether oxygens (including phenoxy) is 1. The summed E-state index contributed by atoms with van der Waals surface area (Å²) < 4.78 is 44.3. The molecular formula is C15H11ClF3NO2. The second-order valence-electron chi connectivity index (χ2n) is 4.28. The van der Waals surface area contributed by atoms with E-state index in [1.54, 1.807) is 0 Å². The van der Waals surface area contributed by atoms with Crippen LogP contribution >= 0.6 is 11.6 Å². The van der Waals surface area contributed by atoms with Gasteiger partial charge in [0.05, 0.1) is 17.1 Å². The lowest BCUT2D eigenvalue weighted by atomic mass is 10.2. The van der Waals surface area contributed by atoms with E-state index in [9.17, 15) is 18.0 Å². The van der Waals surface area contributed by atoms with Crippen LogP contribution in [-0.4, -0.2) is 19.1 Å². The van der Waals surface area contributed by atoms with Crippen molar-refractivity contribution in [3.63, 3.8) is 0 Å². The molecule has 0 radical (unpaired) electrons. The number of carbonyl (C=O) groups is 1. The maximum Gasteiger partial charge on any atom is 0.255 e. The second-order valence-corrected chi connectivity index (χ2v) is 4.68. The van der Waals surface area contributed by atoms with Crippen LogP contribution in [0, 0.1) is 17.5 Å². The molecule has 0 bridgehead atoms. The minimum absolute atomic E-state index is 0.000904. The third-order valence-corrected chi connectivity index (χ3v) is 3.05. The van der Waals surface area contributed by atoms with Gasteiger partial charge in [0.2, 0.25) is 0 Å². The molecular weight excluding hydrogens is 319 g/mol. The van der Waals surface area contributed by atoms with Gasteiger partial charge in [0.1, 0.15) is 18.2 Å². The normalized spacial score (nSPS) is 10.4. The smallest absolute Gasteiger partial charge is 0.255 e. The number of halogens is 4. The number of rotatable bonds is 5. The number of carbonyl (C=O) groups excluding carboxylic acids is 1. The summed E-state index contributed by atoms with van der Waals surface area (Å²) in [7, 11) is 0. The topological polar surface area (TPSA) is 38.3 Å². The number of nitrogens with one attached hydrogen (secondary N) is 1. The third-order valence-electron chi connectivity index (χ3n) is 2.74. The van der Waals surface area contributed by atoms with Gasteiger partial charge in [0, 0.05) is 6.07 Å². The van der Waals surface area contributed by atoms with E-state index in [0.29, 0.717) is 0 Å². The van der Waals surface area contributed by atoms with Gasteiger partial charge in [-0.2, -0.15) is 0 Å². The molecule has 7 heteroatoms. The lowest BCUT2D eigenvalue weighted by molar-refractivity contribution is 0.0943. The van der Waals surface area contributed by atoms with E-state index in [-0.39, 0.29) is 29.5 Å². The van der Waals surface area contributed by atoms with Crippen molar-refractivity contribution >= 4 is 17.5 Å². The van der Waals surface area contributed by atoms with Gasteiger partial charge in [0.15, 0.2) is 11.6 Å². The highest BCUT2D eigenvalue weighted by molar-refractivity contribution is 6.33. The monoisotopic (exact) mass is 329 g/mol. The Bertz CT molecular complexity index is 674. The van der Waals surface area contributed by atoms with Crippen molar-refractivity contribution in [3.05, 3.63) is 64.4 Å². The molecule has 2 rings (SSSR count). The average Bonchev–Trinajstić information content (AvgIpc) is 2.47. The molecule has 0 aromatic heterocycles. The van der Waals surface area contributed by atoms with Crippen LogP contribution in [0.2, 0.25) is 5.02 Å². The molecule has 0 spiro atoms. The van der Waals surface area contributed by atoms with Crippen molar-refractivity contribution in [2.24, 2.45) is 0 Å². The van der Waals surface area contributed by atoms with Crippen LogP contribution in [0.25, 0.3) is 0 Å². The highest BCUT2D eigenvalue weighted by Crippen LogP contribution is 2.18. The van der Waals surface area contributed by atoms with Crippen molar-refractivity contribution in [2.75, 3.05) is 13.2 Å². The Hall–Kier alpha value is -2.21. The fraction of sp³-hybridized carbons (Fsp3) is 0.133. The first-order valence-electron chi connectivity index (χ1n) is 6.29. The molecule has 1 amide bonds. The van der Waals surface area contributed by atoms with Crippen LogP contribution in [0.3, 0.4) is 0 Å². The number of hydrogen-bond donors (Lipinski definition) is 1. The molecule has 0 aliphatic heterocycles. The van der Waals surface area contributed by atoms with Crippen molar-refractivity contribution in [1.29, 1.82) is 0 Å². The summed E-state index contributed by atoms with van der Waals surface area (Å²) in [6.45, 7) is 0.0470. The van der Waals surface area contributed by atoms with Crippen LogP contribution in [0.5, 0.6) is 5.75 Å². The van der Waals surface area contributed by atoms with Gasteiger partial charge in [-0.3, -0.25) is 4.79 Å². The van der Waals surface area contributed by atoms with E-state index in [2.05, 4.69) is 5.32 Å². The number of benzene rings is 2. The SMILES string of the molecule is O=C(NCCOc1ccc(F)c(F)c1)c1c(F)cccc1Cl. The Labute approximate surface area is 129 Å². The molecule has 0 aliphatic carbocycles. The summed E-state index contributed by atoms with van der Waals surface area (Å²) in [5.74, 6) is -3.30. The minimum atomic E-state index is -1.03. The quantitative estimate of drug-likeness (QED) is 0.852. The Morgan fingerprint density at radius 3 is 2.55 bits per heavy atom. The van der Waals surface area contributed by atoms with Crippen LogP contribution in [0.1, 0.15) is 10.4 Å². The molecule has 0 fully saturated rings. The van der Waals surface area contributed by atoms with Crippen molar-refractivity contribution in [1.82, 2.24) is 5.32 Å². The summed E-state index contributed by atoms with van der Waals surface area (Å²) in [6.07, 6.45) is 0. The second kappa shape index (κ2) is 7.17. The van der Waals surface area contributed by atoms with E-state index >= 15 is 0 Å². The predicted molar refractivity (Wildman–Crippen MR) is 75.6 cm³/mol. The van der Waals surface area contributed by atoms with Crippen LogP contribution in [0.15, 0.2) is 36.4 Å². The zero-order valence-corrected chi connectivity index (χ0v) is 12.0. The maximum absolute atomic E-state index is 13.5. The van der Waals surface area contributed by atoms with Gasteiger partial charge >= 0.3 is 0 Å². The Kier molecular flexibility index (Phi) is 5.27. The molecule has 2 aromatic rings. The molecule has 116 valence electrons. The summed E-state index contributed by atoms with van der Waals surface area (Å²) in [4.78, 5) is 11.8. The molecule has 3 nitrogen and oxygen atoms in total. The largest absolute Gasteiger partial charge is 0.492 e. The van der Waals surface area contributed by atoms with Crippen LogP contribution < -0.4 is 10.1 Å². The first-order chi connectivity index (χ1) is 10.5. The molecule has 0 unspecified atom stereocenters. The molecule has 0 saturated carbocycles. The van der Waals surface area contributed by atoms with Gasteiger partial charge in [-0.15, -0.1) is 0 Å². The molecule has 0 saturated heterocycles. The standard InChI is InChI=1S/C15H11ClF3NO2/c16-10-2-1-3-12(18)14(10)15(21)20-6-7-22-9-4-5-11(17)13(19)8-9/h1-5,8H,6-7H2,(H,20,21). The summed E-state index contributed by atoms with van der Waals surface area (Å²) in [5.41, 5.74) is -0.253. The van der Waals surface area contributed by atoms with E-state index in [1.807, 2.05) is 0 Å². The fourth-order valence-corrected chi connectivity index (χ4v) is 1.95. The summed E-state index contributed by atoms with van der Waals surface area (Å²) >= 11 is 5.76. The zero-order chi connectivity index (χ0) is 16.1. The first-order valence-corrected chi connectivity index (χ1v) is 6.67. The number of amides is 1. The van der Waals surface area contributed by atoms with Crippen molar-refractivity contribution in [2.45, 2.75) is 0 Å². The zero-order valence-electron chi connectivity index (χ0n) is 11.2. The molecule has 2 aromatic carbocycles. The van der Waals surface area contributed by atoms with Gasteiger partial charge in [0.25, 0.3) is 5.91 Å². The average molecular weight is 330 g/mol. The molecule has 22 heavy (non-hydrogen) atoms. The minimum Gasteiger partial charge on any atom is -0.492 e. The predicted octanol–water partition coefficient (Wildman–Crippen LogP) is 3.57. The van der Waals surface area contributed by atoms with Crippen molar-refractivity contribution < 1.29 is 22.7 Å². The fourth-order valence-electron chi connectivity index (χ4n) is 1.70. The maximum atomic E-state index is 13.5. The molecule has 0 aliphatic rings. The van der Waals surface area contributed by atoms with Gasteiger partial charge in [-0.25, -0.2) is 13.2 Å². The lowest BCUT2D eigenvalue weighted by Crippen LogP contribution is -2.29. The number of hydrogen-bond acceptors (Lipinski definition) is 2. The van der Waals surface area contributed by atoms with Gasteiger partial charge in [-0.05, 0) is 24.3 Å². The highest BCUT2D eigenvalue weighted by atomic mass is 35.5. The Balaban J connectivity index is 1.86. The molecule has 0 atom stereocenters. The van der Waals surface area contributed by atoms with Crippen LogP contribution in [0.4, 0.5) is 13.2 Å². The Morgan fingerprint density at radius 1 is 1.09 bits per heavy atom. The van der Waals surface area contributed by atoms with Crippen LogP contribution in [-0.2, 0) is 0 Å². The summed E-state index contributed by atoms with van der Waals surface area (Å²) in [5, 5.41) is 2.42. The van der Waals surface area contributed by atoms with Crippen molar-refractivity contribution in [3.8, 4) is 5.75 Å². The van der Waals surface area contributed by atoms with E-state index in [4.69, 9.17) is 16.3 Å². The van der Waals surface area contributed by atoms with Gasteiger partial charge < -0.3 is 10.1 Å². The van der Waals surface area contributed by atoms with E-state index in [0.717, 1.165) is 18.2 Å². The highest BCUT2D eigenvalue weighted by Gasteiger charge is 2.15. The molecule has 0 heterocycles. The third kappa shape index (κ3) is 3.92. The first kappa shape index (κ1) is 16.2. The summed E-state index contributed by atoms with van der Waals surface area (Å²) in [6, 6.07) is 7.00. The van der Waals surface area contributed by atoms with E-state index in [1.165, 1.54) is 18.2 Å². The van der Waals surface area contributed by atoms with Gasteiger partial charge in [-0.1, -0.05) is 17.7 Å². The molecule has 1 N–H and O–H groups in total.